The number of nitrogens with zero attached hydrogens (tertiary/aromatic N) is 1. The number of anilines is 3. The Morgan fingerprint density at radius 1 is 0.451 bits per heavy atom. The van der Waals surface area contributed by atoms with Gasteiger partial charge in [0.15, 0.2) is 0 Å². The molecular weight excluding hydrogens is 615 g/mol. The molecule has 0 fully saturated rings. The molecule has 0 aromatic heterocycles. The van der Waals surface area contributed by atoms with Crippen molar-refractivity contribution in [3.63, 3.8) is 0 Å². The van der Waals surface area contributed by atoms with Crippen molar-refractivity contribution in [2.24, 2.45) is 0 Å². The van der Waals surface area contributed by atoms with Crippen molar-refractivity contribution in [1.29, 1.82) is 0 Å². The first-order valence-corrected chi connectivity index (χ1v) is 17.3. The molecular formula is C50H39N. The zero-order chi connectivity index (χ0) is 35.2. The highest BCUT2D eigenvalue weighted by atomic mass is 15.2. The van der Waals surface area contributed by atoms with Gasteiger partial charge in [-0.1, -0.05) is 159 Å². The topological polar surface area (TPSA) is 3.24 Å². The summed E-state index contributed by atoms with van der Waals surface area (Å²) in [6, 6.07) is 63.8. The lowest BCUT2D eigenvalue weighted by atomic mass is 9.72. The van der Waals surface area contributed by atoms with Crippen molar-refractivity contribution in [2.75, 3.05) is 4.90 Å². The van der Waals surface area contributed by atoms with Crippen LogP contribution in [0.25, 0.3) is 44.5 Å². The van der Waals surface area contributed by atoms with Gasteiger partial charge in [0, 0.05) is 11.1 Å². The number of benzene rings is 7. The van der Waals surface area contributed by atoms with Gasteiger partial charge in [0.25, 0.3) is 0 Å². The fourth-order valence-electron chi connectivity index (χ4n) is 7.21. The van der Waals surface area contributed by atoms with E-state index < -0.39 is 0 Å². The molecule has 0 saturated heterocycles. The van der Waals surface area contributed by atoms with Crippen LogP contribution in [-0.2, 0) is 5.41 Å². The number of hydrogen-bond donors (Lipinski definition) is 0. The molecule has 1 aliphatic heterocycles. The average Bonchev–Trinajstić information content (AvgIpc) is 3.19. The molecule has 0 amide bonds. The number of rotatable bonds is 5. The van der Waals surface area contributed by atoms with Crippen molar-refractivity contribution < 1.29 is 0 Å². The highest BCUT2D eigenvalue weighted by Gasteiger charge is 2.37. The highest BCUT2D eigenvalue weighted by Crippen LogP contribution is 2.54. The second-order valence-electron chi connectivity index (χ2n) is 13.1. The average molecular weight is 654 g/mol. The Hall–Kier alpha value is -6.54. The number of hydrogen-bond acceptors (Lipinski definition) is 1. The zero-order valence-corrected chi connectivity index (χ0v) is 29.3. The van der Waals surface area contributed by atoms with E-state index in [1.165, 1.54) is 67.0 Å². The van der Waals surface area contributed by atoms with Crippen LogP contribution in [-0.4, -0.2) is 0 Å². The molecule has 1 aliphatic rings. The number of fused-ring (bicyclic) bond motifs is 2. The van der Waals surface area contributed by atoms with Crippen molar-refractivity contribution in [1.82, 2.24) is 0 Å². The summed E-state index contributed by atoms with van der Waals surface area (Å²) in [4.78, 5) is 2.44. The molecule has 51 heavy (non-hydrogen) atoms. The molecule has 8 rings (SSSR count). The Bertz CT molecular complexity index is 2270. The minimum Gasteiger partial charge on any atom is -0.310 e. The Morgan fingerprint density at radius 3 is 1.20 bits per heavy atom. The fourth-order valence-corrected chi connectivity index (χ4v) is 7.21. The molecule has 7 aromatic rings. The molecule has 1 heterocycles. The molecule has 0 spiro atoms. The van der Waals surface area contributed by atoms with E-state index in [-0.39, 0.29) is 5.41 Å². The van der Waals surface area contributed by atoms with Gasteiger partial charge in [0.1, 0.15) is 0 Å². The van der Waals surface area contributed by atoms with Crippen LogP contribution < -0.4 is 4.90 Å². The van der Waals surface area contributed by atoms with E-state index in [2.05, 4.69) is 212 Å². The van der Waals surface area contributed by atoms with Crippen LogP contribution in [0.2, 0.25) is 0 Å². The van der Waals surface area contributed by atoms with E-state index in [1.807, 2.05) is 0 Å². The van der Waals surface area contributed by atoms with Gasteiger partial charge in [-0.25, -0.2) is 0 Å². The first-order valence-electron chi connectivity index (χ1n) is 17.3. The first-order chi connectivity index (χ1) is 25.0. The van der Waals surface area contributed by atoms with E-state index in [0.717, 1.165) is 5.69 Å². The largest absolute Gasteiger partial charge is 0.310 e. The Labute approximate surface area is 302 Å². The molecule has 0 atom stereocenters. The van der Waals surface area contributed by atoms with Crippen LogP contribution in [0.15, 0.2) is 176 Å². The molecule has 0 bridgehead atoms. The van der Waals surface area contributed by atoms with Gasteiger partial charge in [0.05, 0.1) is 11.4 Å². The summed E-state index contributed by atoms with van der Waals surface area (Å²) in [5, 5.41) is 0. The summed E-state index contributed by atoms with van der Waals surface area (Å²) in [5.41, 5.74) is 15.9. The third kappa shape index (κ3) is 6.47. The molecule has 7 aromatic carbocycles. The predicted octanol–water partition coefficient (Wildman–Crippen LogP) is 13.1. The monoisotopic (exact) mass is 653 g/mol. The van der Waals surface area contributed by atoms with E-state index in [9.17, 15) is 0 Å². The maximum absolute atomic E-state index is 4.72. The summed E-state index contributed by atoms with van der Waals surface area (Å²) in [6.07, 6.45) is 4.72. The molecule has 1 nitrogen and oxygen atoms in total. The van der Waals surface area contributed by atoms with Crippen LogP contribution >= 0.6 is 0 Å². The van der Waals surface area contributed by atoms with Crippen molar-refractivity contribution in [3.05, 3.63) is 187 Å². The Balaban J connectivity index is 0.000000761. The maximum Gasteiger partial charge on any atom is 0.0503 e. The smallest absolute Gasteiger partial charge is 0.0503 e. The molecule has 0 unspecified atom stereocenters. The number of para-hydroxylation sites is 1. The van der Waals surface area contributed by atoms with Gasteiger partial charge >= 0.3 is 0 Å². The van der Waals surface area contributed by atoms with E-state index in [4.69, 9.17) is 6.42 Å². The zero-order valence-electron chi connectivity index (χ0n) is 29.3. The summed E-state index contributed by atoms with van der Waals surface area (Å²) in [6.45, 7) is 6.47. The third-order valence-electron chi connectivity index (χ3n) is 9.68. The fraction of sp³-hybridized carbons (Fsp3) is 0.0800. The first kappa shape index (κ1) is 33.0. The molecule has 0 N–H and O–H groups in total. The summed E-state index contributed by atoms with van der Waals surface area (Å²) in [7, 11) is 0. The predicted molar refractivity (Wildman–Crippen MR) is 217 cm³/mol. The van der Waals surface area contributed by atoms with Gasteiger partial charge in [-0.05, 0) is 111 Å². The van der Waals surface area contributed by atoms with E-state index in [1.54, 1.807) is 6.92 Å². The lowest BCUT2D eigenvalue weighted by Crippen LogP contribution is -2.30. The maximum atomic E-state index is 4.72. The van der Waals surface area contributed by atoms with Crippen LogP contribution in [0.5, 0.6) is 0 Å². The van der Waals surface area contributed by atoms with Crippen LogP contribution in [0.4, 0.5) is 17.1 Å². The van der Waals surface area contributed by atoms with E-state index >= 15 is 0 Å². The summed E-state index contributed by atoms with van der Waals surface area (Å²) in [5.74, 6) is 7.08. The van der Waals surface area contributed by atoms with Gasteiger partial charge in [0.2, 0.25) is 0 Å². The SMILES string of the molecule is C#CC#CC.CC1(C)c2cc(-c3ccccc3-c3ccccc3)ccc2N(c2ccccc2)c2ccc(-c3ccccc3-c3ccccc3)cc21. The normalized spacial score (nSPS) is 12.2. The Morgan fingerprint density at radius 2 is 0.824 bits per heavy atom. The number of terminal acetylenes is 1. The standard InChI is InChI=1S/C45H35N.C5H4/c1-45(2)41-30-34(39-24-14-12-22-37(39)32-16-6-3-7-17-32)26-28-43(41)46(36-20-10-5-11-21-36)44-29-27-35(31-42(44)45)40-25-15-13-23-38(40)33-18-8-4-9-19-33;1-3-5-4-2/h3-31H,1-2H3;1H,2H3. The molecule has 244 valence electrons. The summed E-state index contributed by atoms with van der Waals surface area (Å²) >= 11 is 0. The van der Waals surface area contributed by atoms with Gasteiger partial charge in [-0.2, -0.15) is 0 Å². The minimum atomic E-state index is -0.245. The van der Waals surface area contributed by atoms with E-state index in [0.29, 0.717) is 0 Å². The Kier molecular flexibility index (Phi) is 9.39. The molecule has 1 heteroatoms. The lowest BCUT2D eigenvalue weighted by Gasteiger charge is -2.42. The summed E-state index contributed by atoms with van der Waals surface area (Å²) < 4.78 is 0. The molecule has 0 saturated carbocycles. The highest BCUT2D eigenvalue weighted by molar-refractivity contribution is 5.92. The van der Waals surface area contributed by atoms with Crippen molar-refractivity contribution in [2.45, 2.75) is 26.2 Å². The molecule has 0 radical (unpaired) electrons. The van der Waals surface area contributed by atoms with Gasteiger partial charge < -0.3 is 4.90 Å². The van der Waals surface area contributed by atoms with Gasteiger partial charge in [-0.15, -0.1) is 6.42 Å². The van der Waals surface area contributed by atoms with Crippen LogP contribution in [0.3, 0.4) is 0 Å². The third-order valence-corrected chi connectivity index (χ3v) is 9.68. The van der Waals surface area contributed by atoms with Crippen LogP contribution in [0.1, 0.15) is 31.9 Å². The molecule has 0 aliphatic carbocycles. The van der Waals surface area contributed by atoms with Crippen molar-refractivity contribution >= 4 is 17.1 Å². The lowest BCUT2D eigenvalue weighted by molar-refractivity contribution is 0.632. The van der Waals surface area contributed by atoms with Crippen molar-refractivity contribution in [3.8, 4) is 68.7 Å². The minimum absolute atomic E-state index is 0.245. The van der Waals surface area contributed by atoms with Crippen LogP contribution in [0, 0.1) is 24.2 Å². The second kappa shape index (κ2) is 14.5. The second-order valence-corrected chi connectivity index (χ2v) is 13.1. The quantitative estimate of drug-likeness (QED) is 0.167. The van der Waals surface area contributed by atoms with Gasteiger partial charge in [-0.3, -0.25) is 0 Å².